The van der Waals surface area contributed by atoms with Crippen LogP contribution in [0.15, 0.2) is 54.4 Å². The molecule has 0 radical (unpaired) electrons. The molecule has 0 unspecified atom stereocenters. The average molecular weight is 424 g/mol. The van der Waals surface area contributed by atoms with Crippen LogP contribution in [0, 0.1) is 6.92 Å². The molecule has 7 nitrogen and oxygen atoms in total. The van der Waals surface area contributed by atoms with E-state index >= 15 is 0 Å². The van der Waals surface area contributed by atoms with Crippen LogP contribution in [-0.4, -0.2) is 39.6 Å². The van der Waals surface area contributed by atoms with E-state index < -0.39 is 5.97 Å². The van der Waals surface area contributed by atoms with E-state index in [2.05, 4.69) is 20.2 Å². The van der Waals surface area contributed by atoms with Crippen LogP contribution in [0.5, 0.6) is 0 Å². The van der Waals surface area contributed by atoms with Gasteiger partial charge in [0, 0.05) is 32.1 Å². The number of thiazole rings is 1. The third-order valence-corrected chi connectivity index (χ3v) is 5.56. The molecule has 8 heteroatoms. The van der Waals surface area contributed by atoms with Crippen molar-refractivity contribution in [1.29, 1.82) is 0 Å². The third kappa shape index (κ3) is 6.12. The lowest BCUT2D eigenvalue weighted by atomic mass is 10.1. The van der Waals surface area contributed by atoms with Crippen molar-refractivity contribution in [3.63, 3.8) is 0 Å². The first-order valence-corrected chi connectivity index (χ1v) is 10.5. The van der Waals surface area contributed by atoms with E-state index in [-0.39, 0.29) is 0 Å². The Balaban J connectivity index is 1.63. The summed E-state index contributed by atoms with van der Waals surface area (Å²) >= 11 is 1.58. The van der Waals surface area contributed by atoms with Crippen LogP contribution in [0.1, 0.15) is 25.3 Å². The maximum Gasteiger partial charge on any atom is 0.328 e. The van der Waals surface area contributed by atoms with Gasteiger partial charge in [-0.1, -0.05) is 23.0 Å². The monoisotopic (exact) mass is 423 g/mol. The van der Waals surface area contributed by atoms with Crippen molar-refractivity contribution in [3.05, 3.63) is 59.9 Å². The van der Waals surface area contributed by atoms with Gasteiger partial charge >= 0.3 is 5.97 Å². The Labute approximate surface area is 180 Å². The normalized spacial score (nSPS) is 11.4. The Bertz CT molecular complexity index is 1050. The van der Waals surface area contributed by atoms with Crippen LogP contribution < -0.4 is 10.2 Å². The second-order valence-corrected chi connectivity index (χ2v) is 8.12. The minimum Gasteiger partial charge on any atom is -0.478 e. The zero-order chi connectivity index (χ0) is 21.5. The number of pyridine rings is 2. The fraction of sp³-hybridized carbons (Fsp3) is 0.273. The van der Waals surface area contributed by atoms with E-state index in [4.69, 9.17) is 10.1 Å². The molecule has 3 rings (SSSR count). The summed E-state index contributed by atoms with van der Waals surface area (Å²) in [6, 6.07) is 9.76. The first-order chi connectivity index (χ1) is 14.4. The molecule has 0 atom stereocenters. The number of aryl methyl sites for hydroxylation is 1. The highest BCUT2D eigenvalue weighted by Gasteiger charge is 2.10. The van der Waals surface area contributed by atoms with Crippen LogP contribution >= 0.6 is 11.3 Å². The summed E-state index contributed by atoms with van der Waals surface area (Å²) in [6.45, 7) is 4.66. The summed E-state index contributed by atoms with van der Waals surface area (Å²) < 4.78 is 0. The molecule has 3 aromatic heterocycles. The number of aromatic nitrogens is 3. The lowest BCUT2D eigenvalue weighted by Gasteiger charge is -2.15. The van der Waals surface area contributed by atoms with E-state index in [1.165, 1.54) is 6.08 Å². The Kier molecular flexibility index (Phi) is 7.13. The van der Waals surface area contributed by atoms with Gasteiger partial charge < -0.3 is 15.3 Å². The number of carbonyl (C=O) groups is 1. The summed E-state index contributed by atoms with van der Waals surface area (Å²) in [5, 5.41) is 12.9. The minimum absolute atomic E-state index is 0.731. The van der Waals surface area contributed by atoms with Crippen molar-refractivity contribution in [2.24, 2.45) is 0 Å². The number of carboxylic acids is 1. The van der Waals surface area contributed by atoms with E-state index in [1.807, 2.05) is 57.4 Å². The van der Waals surface area contributed by atoms with Crippen LogP contribution in [-0.2, 0) is 4.79 Å². The van der Waals surface area contributed by atoms with Crippen molar-refractivity contribution >= 4 is 34.1 Å². The first kappa shape index (κ1) is 21.4. The Morgan fingerprint density at radius 1 is 1.27 bits per heavy atom. The highest BCUT2D eigenvalue weighted by molar-refractivity contribution is 7.18. The van der Waals surface area contributed by atoms with Gasteiger partial charge in [0.25, 0.3) is 0 Å². The number of rotatable bonds is 9. The maximum absolute atomic E-state index is 10.7. The average Bonchev–Trinajstić information content (AvgIpc) is 3.18. The molecule has 3 heterocycles. The maximum atomic E-state index is 10.7. The molecule has 0 aromatic carbocycles. The van der Waals surface area contributed by atoms with Crippen LogP contribution in [0.3, 0.4) is 0 Å². The summed E-state index contributed by atoms with van der Waals surface area (Å²) in [5.41, 5.74) is 2.85. The number of allylic oxidation sites excluding steroid dienone is 1. The van der Waals surface area contributed by atoms with Crippen LogP contribution in [0.4, 0.5) is 16.8 Å². The summed E-state index contributed by atoms with van der Waals surface area (Å²) in [5.74, 6) is 0.596. The Morgan fingerprint density at radius 2 is 2.10 bits per heavy atom. The second kappa shape index (κ2) is 9.98. The molecule has 0 bridgehead atoms. The molecule has 0 fully saturated rings. The fourth-order valence-electron chi connectivity index (χ4n) is 2.91. The number of carboxylic acid groups (broad SMARTS) is 1. The van der Waals surface area contributed by atoms with Gasteiger partial charge in [0.05, 0.1) is 10.6 Å². The molecule has 0 aliphatic rings. The number of hydrogen-bond acceptors (Lipinski definition) is 7. The molecule has 30 heavy (non-hydrogen) atoms. The summed E-state index contributed by atoms with van der Waals surface area (Å²) in [7, 11) is 1.99. The molecule has 0 amide bonds. The van der Waals surface area contributed by atoms with E-state index in [9.17, 15) is 4.79 Å². The Morgan fingerprint density at radius 3 is 2.87 bits per heavy atom. The molecule has 0 aliphatic carbocycles. The van der Waals surface area contributed by atoms with E-state index in [0.29, 0.717) is 0 Å². The molecule has 3 aromatic rings. The predicted octanol–water partition coefficient (Wildman–Crippen LogP) is 4.90. The number of nitrogens with zero attached hydrogens (tertiary/aromatic N) is 4. The second-order valence-electron chi connectivity index (χ2n) is 7.11. The molecule has 156 valence electrons. The molecule has 0 saturated heterocycles. The van der Waals surface area contributed by atoms with Crippen LogP contribution in [0.2, 0.25) is 0 Å². The van der Waals surface area contributed by atoms with Gasteiger partial charge in [-0.3, -0.25) is 0 Å². The largest absolute Gasteiger partial charge is 0.478 e. The number of nitrogens with one attached hydrogen (secondary N) is 1. The Hall–Kier alpha value is -3.26. The topological polar surface area (TPSA) is 91.2 Å². The summed E-state index contributed by atoms with van der Waals surface area (Å²) in [6.07, 6.45) is 6.48. The molecular weight excluding hydrogens is 398 g/mol. The van der Waals surface area contributed by atoms with E-state index in [1.54, 1.807) is 17.5 Å². The SMILES string of the molecule is C/C(=C\C(=O)O)CCCN(C)c1ncc(-c2cccc(Nc3cc(C)ccn3)n2)s1. The van der Waals surface area contributed by atoms with Crippen molar-refractivity contribution in [2.45, 2.75) is 26.7 Å². The lowest BCUT2D eigenvalue weighted by Crippen LogP contribution is -2.18. The quantitative estimate of drug-likeness (QED) is 0.473. The van der Waals surface area contributed by atoms with Crippen molar-refractivity contribution in [1.82, 2.24) is 15.0 Å². The van der Waals surface area contributed by atoms with Gasteiger partial charge in [0.15, 0.2) is 5.13 Å². The molecular formula is C22H25N5O2S. The number of anilines is 3. The molecule has 2 N–H and O–H groups in total. The number of aliphatic carboxylic acids is 1. The molecule has 0 aliphatic heterocycles. The molecule has 0 spiro atoms. The van der Waals surface area contributed by atoms with Crippen molar-refractivity contribution in [2.75, 3.05) is 23.8 Å². The third-order valence-electron chi connectivity index (χ3n) is 4.43. The van der Waals surface area contributed by atoms with Gasteiger partial charge in [0.1, 0.15) is 11.6 Å². The fourth-order valence-corrected chi connectivity index (χ4v) is 3.78. The smallest absolute Gasteiger partial charge is 0.328 e. The predicted molar refractivity (Wildman–Crippen MR) is 121 cm³/mol. The van der Waals surface area contributed by atoms with Gasteiger partial charge in [0.2, 0.25) is 0 Å². The lowest BCUT2D eigenvalue weighted by molar-refractivity contribution is -0.131. The standard InChI is InChI=1S/C22H25N5O2S/c1-15(13-21(28)29)6-5-11-27(3)22-24-14-18(30-22)17-7-4-8-19(25-17)26-20-12-16(2)9-10-23-20/h4,7-10,12-14H,5-6,11H2,1-3H3,(H,28,29)(H,23,25,26)/b15-13+. The highest BCUT2D eigenvalue weighted by atomic mass is 32.1. The van der Waals surface area contributed by atoms with Crippen molar-refractivity contribution < 1.29 is 9.90 Å². The zero-order valence-electron chi connectivity index (χ0n) is 17.3. The van der Waals surface area contributed by atoms with Crippen molar-refractivity contribution in [3.8, 4) is 10.6 Å². The first-order valence-electron chi connectivity index (χ1n) is 9.65. The van der Waals surface area contributed by atoms with Gasteiger partial charge in [-0.2, -0.15) is 0 Å². The molecule has 0 saturated carbocycles. The highest BCUT2D eigenvalue weighted by Crippen LogP contribution is 2.30. The zero-order valence-corrected chi connectivity index (χ0v) is 18.1. The van der Waals surface area contributed by atoms with Gasteiger partial charge in [-0.25, -0.2) is 19.7 Å². The van der Waals surface area contributed by atoms with Gasteiger partial charge in [-0.15, -0.1) is 0 Å². The number of hydrogen-bond donors (Lipinski definition) is 2. The summed E-state index contributed by atoms with van der Waals surface area (Å²) in [4.78, 5) is 27.3. The minimum atomic E-state index is -0.896. The van der Waals surface area contributed by atoms with Crippen LogP contribution in [0.25, 0.3) is 10.6 Å². The van der Waals surface area contributed by atoms with E-state index in [0.717, 1.165) is 57.9 Å². The van der Waals surface area contributed by atoms with Gasteiger partial charge in [-0.05, 0) is 56.5 Å².